The van der Waals surface area contributed by atoms with E-state index in [-0.39, 0.29) is 5.91 Å². The van der Waals surface area contributed by atoms with Crippen LogP contribution in [-0.2, 0) is 9.53 Å². The average molecular weight is 249 g/mol. The zero-order valence-electron chi connectivity index (χ0n) is 11.8. The van der Waals surface area contributed by atoms with Crippen LogP contribution >= 0.6 is 0 Å². The normalized spacial score (nSPS) is 11.3. The van der Waals surface area contributed by atoms with Gasteiger partial charge in [0, 0.05) is 19.3 Å². The molecule has 3 nitrogen and oxygen atoms in total. The first-order valence-corrected chi connectivity index (χ1v) is 6.45. The van der Waals surface area contributed by atoms with E-state index in [0.29, 0.717) is 0 Å². The smallest absolute Gasteiger partial charge is 0.258 e. The first-order chi connectivity index (χ1) is 8.53. The number of carbonyl (C=O) groups is 1. The molecule has 100 valence electrons. The lowest BCUT2D eigenvalue weighted by molar-refractivity contribution is -0.136. The molecule has 0 spiro atoms. The van der Waals surface area contributed by atoms with Gasteiger partial charge >= 0.3 is 0 Å². The molecule has 1 aromatic carbocycles. The van der Waals surface area contributed by atoms with Crippen LogP contribution in [0, 0.1) is 0 Å². The van der Waals surface area contributed by atoms with Crippen molar-refractivity contribution in [2.75, 3.05) is 18.6 Å². The summed E-state index contributed by atoms with van der Waals surface area (Å²) in [5.74, 6) is 0.00431. The third-order valence-electron chi connectivity index (χ3n) is 3.07. The molecule has 0 saturated heterocycles. The van der Waals surface area contributed by atoms with E-state index in [1.54, 1.807) is 21.0 Å². The third-order valence-corrected chi connectivity index (χ3v) is 3.07. The van der Waals surface area contributed by atoms with Crippen LogP contribution < -0.4 is 4.90 Å². The molecule has 0 N–H and O–H groups in total. The number of nitrogens with zero attached hydrogens (tertiary/aromatic N) is 1. The van der Waals surface area contributed by atoms with Gasteiger partial charge in [-0.2, -0.15) is 0 Å². The third kappa shape index (κ3) is 3.57. The van der Waals surface area contributed by atoms with Gasteiger partial charge in [-0.15, -0.1) is 0 Å². The predicted molar refractivity (Wildman–Crippen MR) is 74.8 cm³/mol. The molecule has 1 amide bonds. The molecule has 0 unspecified atom stereocenters. The van der Waals surface area contributed by atoms with Crippen molar-refractivity contribution in [1.82, 2.24) is 0 Å². The quantitative estimate of drug-likeness (QED) is 0.774. The molecule has 18 heavy (non-hydrogen) atoms. The minimum Gasteiger partial charge on any atom is -0.369 e. The highest BCUT2D eigenvalue weighted by molar-refractivity contribution is 5.98. The summed E-state index contributed by atoms with van der Waals surface area (Å²) in [7, 11) is 1.57. The zero-order valence-corrected chi connectivity index (χ0v) is 11.8. The Bertz CT molecular complexity index is 373. The summed E-state index contributed by atoms with van der Waals surface area (Å²) in [5, 5.41) is 0. The number of unbranched alkanes of at least 4 members (excludes halogenated alkanes) is 1. The molecule has 0 radical (unpaired) electrons. The van der Waals surface area contributed by atoms with Gasteiger partial charge < -0.3 is 9.64 Å². The number of methoxy groups -OCH3 is 1. The highest BCUT2D eigenvalue weighted by atomic mass is 16.5. The van der Waals surface area contributed by atoms with Gasteiger partial charge in [0.2, 0.25) is 0 Å². The molecule has 0 aromatic heterocycles. The van der Waals surface area contributed by atoms with Crippen LogP contribution in [0.3, 0.4) is 0 Å². The molecule has 0 saturated carbocycles. The fourth-order valence-electron chi connectivity index (χ4n) is 1.68. The van der Waals surface area contributed by atoms with Crippen LogP contribution in [0.15, 0.2) is 30.3 Å². The molecule has 0 bridgehead atoms. The topological polar surface area (TPSA) is 29.5 Å². The molecular weight excluding hydrogens is 226 g/mol. The largest absolute Gasteiger partial charge is 0.369 e. The molecule has 0 aliphatic heterocycles. The molecule has 0 atom stereocenters. The van der Waals surface area contributed by atoms with E-state index in [9.17, 15) is 4.79 Å². The van der Waals surface area contributed by atoms with E-state index in [4.69, 9.17) is 4.74 Å². The van der Waals surface area contributed by atoms with Crippen molar-refractivity contribution in [2.45, 2.75) is 39.2 Å². The fraction of sp³-hybridized carbons (Fsp3) is 0.533. The molecule has 0 aliphatic carbocycles. The molecular formula is C15H23NO2. The van der Waals surface area contributed by atoms with Crippen molar-refractivity contribution in [1.29, 1.82) is 0 Å². The maximum absolute atomic E-state index is 12.5. The Morgan fingerprint density at radius 3 is 2.39 bits per heavy atom. The highest BCUT2D eigenvalue weighted by Crippen LogP contribution is 2.20. The number of para-hydroxylation sites is 1. The molecule has 0 heterocycles. The van der Waals surface area contributed by atoms with Crippen molar-refractivity contribution in [3.63, 3.8) is 0 Å². The fourth-order valence-corrected chi connectivity index (χ4v) is 1.68. The van der Waals surface area contributed by atoms with Gasteiger partial charge in [0.05, 0.1) is 0 Å². The summed E-state index contributed by atoms with van der Waals surface area (Å²) in [5.41, 5.74) is 0.143. The maximum atomic E-state index is 12.5. The second-order valence-electron chi connectivity index (χ2n) is 4.86. The Morgan fingerprint density at radius 1 is 1.28 bits per heavy atom. The van der Waals surface area contributed by atoms with E-state index >= 15 is 0 Å². The van der Waals surface area contributed by atoms with Crippen molar-refractivity contribution < 1.29 is 9.53 Å². The van der Waals surface area contributed by atoms with E-state index < -0.39 is 5.60 Å². The zero-order chi connectivity index (χ0) is 13.6. The van der Waals surface area contributed by atoms with E-state index in [2.05, 4.69) is 6.92 Å². The van der Waals surface area contributed by atoms with Crippen molar-refractivity contribution in [3.05, 3.63) is 30.3 Å². The van der Waals surface area contributed by atoms with Crippen molar-refractivity contribution >= 4 is 11.6 Å². The average Bonchev–Trinajstić information content (AvgIpc) is 2.40. The minimum absolute atomic E-state index is 0.00431. The summed E-state index contributed by atoms with van der Waals surface area (Å²) in [4.78, 5) is 14.3. The molecule has 3 heteroatoms. The van der Waals surface area contributed by atoms with Crippen LogP contribution in [0.4, 0.5) is 5.69 Å². The number of carbonyl (C=O) groups excluding carboxylic acids is 1. The molecule has 1 aromatic rings. The number of amides is 1. The molecule has 1 rings (SSSR count). The number of hydrogen-bond donors (Lipinski definition) is 0. The van der Waals surface area contributed by atoms with Gasteiger partial charge in [0.15, 0.2) is 0 Å². The summed E-state index contributed by atoms with van der Waals surface area (Å²) in [6, 6.07) is 9.76. The summed E-state index contributed by atoms with van der Waals surface area (Å²) in [6.45, 7) is 6.45. The second kappa shape index (κ2) is 6.55. The van der Waals surface area contributed by atoms with Crippen LogP contribution in [0.25, 0.3) is 0 Å². The van der Waals surface area contributed by atoms with E-state index in [0.717, 1.165) is 25.1 Å². The summed E-state index contributed by atoms with van der Waals surface area (Å²) >= 11 is 0. The lowest BCUT2D eigenvalue weighted by Gasteiger charge is -2.31. The van der Waals surface area contributed by atoms with Gasteiger partial charge in [-0.05, 0) is 32.4 Å². The number of benzene rings is 1. The first kappa shape index (κ1) is 14.7. The lowest BCUT2D eigenvalue weighted by Crippen LogP contribution is -2.47. The van der Waals surface area contributed by atoms with Gasteiger partial charge in [0.1, 0.15) is 5.60 Å². The first-order valence-electron chi connectivity index (χ1n) is 6.45. The Morgan fingerprint density at radius 2 is 1.89 bits per heavy atom. The summed E-state index contributed by atoms with van der Waals surface area (Å²) < 4.78 is 5.29. The standard InChI is InChI=1S/C15H23NO2/c1-5-6-12-16(13-10-8-7-9-11-13)14(17)15(2,3)18-4/h7-11H,5-6,12H2,1-4H3. The molecule has 0 fully saturated rings. The Kier molecular flexibility index (Phi) is 5.35. The number of anilines is 1. The van der Waals surface area contributed by atoms with Crippen LogP contribution in [-0.4, -0.2) is 25.2 Å². The Hall–Kier alpha value is -1.35. The van der Waals surface area contributed by atoms with Gasteiger partial charge in [-0.25, -0.2) is 0 Å². The molecule has 0 aliphatic rings. The van der Waals surface area contributed by atoms with Crippen LogP contribution in [0.1, 0.15) is 33.6 Å². The van der Waals surface area contributed by atoms with E-state index in [1.165, 1.54) is 0 Å². The number of ether oxygens (including phenoxy) is 1. The monoisotopic (exact) mass is 249 g/mol. The lowest BCUT2D eigenvalue weighted by atomic mass is 10.1. The van der Waals surface area contributed by atoms with Crippen molar-refractivity contribution in [3.8, 4) is 0 Å². The van der Waals surface area contributed by atoms with Gasteiger partial charge in [-0.3, -0.25) is 4.79 Å². The Balaban J connectivity index is 2.95. The van der Waals surface area contributed by atoms with Gasteiger partial charge in [0.25, 0.3) is 5.91 Å². The van der Waals surface area contributed by atoms with Gasteiger partial charge in [-0.1, -0.05) is 31.5 Å². The SMILES string of the molecule is CCCCN(C(=O)C(C)(C)OC)c1ccccc1. The van der Waals surface area contributed by atoms with Crippen LogP contribution in [0.5, 0.6) is 0 Å². The number of rotatable bonds is 6. The van der Waals surface area contributed by atoms with Crippen LogP contribution in [0.2, 0.25) is 0 Å². The summed E-state index contributed by atoms with van der Waals surface area (Å²) in [6.07, 6.45) is 2.05. The minimum atomic E-state index is -0.788. The Labute approximate surface area is 110 Å². The van der Waals surface area contributed by atoms with Crippen molar-refractivity contribution in [2.24, 2.45) is 0 Å². The van der Waals surface area contributed by atoms with E-state index in [1.807, 2.05) is 35.2 Å². The number of hydrogen-bond acceptors (Lipinski definition) is 2. The predicted octanol–water partition coefficient (Wildman–Crippen LogP) is 3.24. The second-order valence-corrected chi connectivity index (χ2v) is 4.86. The highest BCUT2D eigenvalue weighted by Gasteiger charge is 2.32. The maximum Gasteiger partial charge on any atom is 0.258 e.